The highest BCUT2D eigenvalue weighted by Gasteiger charge is 2.19. The number of aromatic nitrogens is 2. The fraction of sp³-hybridized carbons (Fsp3) is 0.0714. The Balaban J connectivity index is 2.07. The number of nitrogens with zero attached hydrogens (tertiary/aromatic N) is 1. The lowest BCUT2D eigenvalue weighted by molar-refractivity contribution is 0.601. The van der Waals surface area contributed by atoms with Crippen molar-refractivity contribution in [3.8, 4) is 0 Å². The Morgan fingerprint density at radius 2 is 1.86 bits per heavy atom. The number of halogens is 2. The van der Waals surface area contributed by atoms with E-state index in [1.807, 2.05) is 6.92 Å². The van der Waals surface area contributed by atoms with Crippen LogP contribution in [0.2, 0.25) is 0 Å². The van der Waals surface area contributed by atoms with Crippen LogP contribution < -0.4 is 4.72 Å². The molecule has 0 unspecified atom stereocenters. The van der Waals surface area contributed by atoms with Gasteiger partial charge < -0.3 is 4.98 Å². The predicted molar refractivity (Wildman–Crippen MR) is 93.5 cm³/mol. The summed E-state index contributed by atoms with van der Waals surface area (Å²) >= 11 is 6.79. The predicted octanol–water partition coefficient (Wildman–Crippen LogP) is 4.20. The number of hydrogen-bond acceptors (Lipinski definition) is 3. The normalized spacial score (nSPS) is 11.8. The Kier molecular flexibility index (Phi) is 4.00. The maximum Gasteiger partial charge on any atom is 0.261 e. The zero-order valence-corrected chi connectivity index (χ0v) is 15.4. The molecule has 0 atom stereocenters. The van der Waals surface area contributed by atoms with Crippen molar-refractivity contribution >= 4 is 58.6 Å². The lowest BCUT2D eigenvalue weighted by atomic mass is 10.2. The van der Waals surface area contributed by atoms with Crippen molar-refractivity contribution in [1.29, 1.82) is 0 Å². The standard InChI is InChI=1S/C14H11Br2N3O2S/c1-8-2-4-9(5-3-8)22(20,21)19-13-10(15)6-11-14(12(13)16)18-7-17-11/h2-7,19H,1H3,(H,17,18). The lowest BCUT2D eigenvalue weighted by Crippen LogP contribution is -2.13. The van der Waals surface area contributed by atoms with E-state index < -0.39 is 10.0 Å². The summed E-state index contributed by atoms with van der Waals surface area (Å²) < 4.78 is 28.8. The van der Waals surface area contributed by atoms with Gasteiger partial charge in [0.05, 0.1) is 26.9 Å². The number of imidazole rings is 1. The van der Waals surface area contributed by atoms with Crippen molar-refractivity contribution in [3.63, 3.8) is 0 Å². The molecule has 114 valence electrons. The average molecular weight is 445 g/mol. The maximum atomic E-state index is 12.5. The highest BCUT2D eigenvalue weighted by Crippen LogP contribution is 2.37. The van der Waals surface area contributed by atoms with E-state index in [2.05, 4.69) is 46.5 Å². The summed E-state index contributed by atoms with van der Waals surface area (Å²) in [5.41, 5.74) is 2.88. The number of rotatable bonds is 3. The molecule has 0 aliphatic heterocycles. The van der Waals surface area contributed by atoms with Crippen LogP contribution in [0.15, 0.2) is 50.5 Å². The summed E-state index contributed by atoms with van der Waals surface area (Å²) in [6.45, 7) is 1.91. The Labute approximate surface area is 144 Å². The van der Waals surface area contributed by atoms with Crippen LogP contribution >= 0.6 is 31.9 Å². The number of sulfonamides is 1. The van der Waals surface area contributed by atoms with Gasteiger partial charge in [-0.3, -0.25) is 4.72 Å². The SMILES string of the molecule is Cc1ccc(S(=O)(=O)Nc2c(Br)cc3[nH]cnc3c2Br)cc1. The molecule has 5 nitrogen and oxygen atoms in total. The first-order chi connectivity index (χ1) is 10.4. The third-order valence-electron chi connectivity index (χ3n) is 3.17. The minimum atomic E-state index is -3.67. The van der Waals surface area contributed by atoms with Gasteiger partial charge in [0.2, 0.25) is 0 Å². The molecule has 0 saturated heterocycles. The van der Waals surface area contributed by atoms with E-state index in [0.717, 1.165) is 11.1 Å². The van der Waals surface area contributed by atoms with E-state index in [-0.39, 0.29) is 4.90 Å². The molecule has 3 aromatic rings. The topological polar surface area (TPSA) is 74.8 Å². The van der Waals surface area contributed by atoms with Gasteiger partial charge in [0.1, 0.15) is 5.52 Å². The quantitative estimate of drug-likeness (QED) is 0.635. The number of anilines is 1. The lowest BCUT2D eigenvalue weighted by Gasteiger charge is -2.12. The van der Waals surface area contributed by atoms with Crippen molar-refractivity contribution in [1.82, 2.24) is 9.97 Å². The summed E-state index contributed by atoms with van der Waals surface area (Å²) in [7, 11) is -3.67. The molecule has 0 fully saturated rings. The molecule has 1 aromatic heterocycles. The van der Waals surface area contributed by atoms with Crippen LogP contribution in [-0.4, -0.2) is 18.4 Å². The van der Waals surface area contributed by atoms with Gasteiger partial charge in [0.15, 0.2) is 0 Å². The van der Waals surface area contributed by atoms with E-state index >= 15 is 0 Å². The Hall–Kier alpha value is -1.38. The van der Waals surface area contributed by atoms with Gasteiger partial charge in [-0.2, -0.15) is 0 Å². The summed E-state index contributed by atoms with van der Waals surface area (Å²) in [4.78, 5) is 7.36. The molecule has 22 heavy (non-hydrogen) atoms. The van der Waals surface area contributed by atoms with Gasteiger partial charge in [-0.05, 0) is 57.0 Å². The van der Waals surface area contributed by atoms with Gasteiger partial charge >= 0.3 is 0 Å². The maximum absolute atomic E-state index is 12.5. The van der Waals surface area contributed by atoms with Crippen LogP contribution in [0.3, 0.4) is 0 Å². The highest BCUT2D eigenvalue weighted by molar-refractivity contribution is 9.11. The number of aromatic amines is 1. The molecule has 0 aliphatic carbocycles. The molecule has 0 spiro atoms. The first-order valence-electron chi connectivity index (χ1n) is 6.29. The van der Waals surface area contributed by atoms with E-state index in [1.54, 1.807) is 36.7 Å². The molecule has 8 heteroatoms. The van der Waals surface area contributed by atoms with Crippen LogP contribution in [-0.2, 0) is 10.0 Å². The minimum Gasteiger partial charge on any atom is -0.345 e. The Morgan fingerprint density at radius 3 is 2.55 bits per heavy atom. The van der Waals surface area contributed by atoms with Crippen LogP contribution in [0.1, 0.15) is 5.56 Å². The first-order valence-corrected chi connectivity index (χ1v) is 9.36. The number of nitrogens with one attached hydrogen (secondary N) is 2. The van der Waals surface area contributed by atoms with Gasteiger partial charge in [0, 0.05) is 4.47 Å². The number of aryl methyl sites for hydroxylation is 1. The number of H-pyrrole nitrogens is 1. The monoisotopic (exact) mass is 443 g/mol. The van der Waals surface area contributed by atoms with Gasteiger partial charge in [-0.25, -0.2) is 13.4 Å². The fourth-order valence-corrected chi connectivity index (χ4v) is 4.79. The summed E-state index contributed by atoms with van der Waals surface area (Å²) in [5, 5.41) is 0. The largest absolute Gasteiger partial charge is 0.345 e. The second kappa shape index (κ2) is 5.68. The van der Waals surface area contributed by atoms with Crippen LogP contribution in [0.4, 0.5) is 5.69 Å². The molecule has 1 heterocycles. The summed E-state index contributed by atoms with van der Waals surface area (Å²) in [5.74, 6) is 0. The van der Waals surface area contributed by atoms with E-state index in [1.165, 1.54) is 0 Å². The minimum absolute atomic E-state index is 0.207. The van der Waals surface area contributed by atoms with Gasteiger partial charge in [-0.1, -0.05) is 17.7 Å². The Morgan fingerprint density at radius 1 is 1.18 bits per heavy atom. The van der Waals surface area contributed by atoms with Crippen molar-refractivity contribution in [2.24, 2.45) is 0 Å². The highest BCUT2D eigenvalue weighted by atomic mass is 79.9. The third-order valence-corrected chi connectivity index (χ3v) is 5.94. The number of fused-ring (bicyclic) bond motifs is 1. The summed E-state index contributed by atoms with van der Waals surface area (Å²) in [6.07, 6.45) is 1.56. The van der Waals surface area contributed by atoms with E-state index in [4.69, 9.17) is 0 Å². The molecule has 0 bridgehead atoms. The Bertz CT molecular complexity index is 950. The van der Waals surface area contributed by atoms with Gasteiger partial charge in [-0.15, -0.1) is 0 Å². The zero-order chi connectivity index (χ0) is 15.9. The molecular formula is C14H11Br2N3O2S. The number of hydrogen-bond donors (Lipinski definition) is 2. The van der Waals surface area contributed by atoms with Crippen LogP contribution in [0.25, 0.3) is 11.0 Å². The zero-order valence-electron chi connectivity index (χ0n) is 11.4. The second-order valence-corrected chi connectivity index (χ2v) is 8.09. The van der Waals surface area contributed by atoms with Gasteiger partial charge in [0.25, 0.3) is 10.0 Å². The molecule has 2 N–H and O–H groups in total. The molecule has 0 aliphatic rings. The second-order valence-electron chi connectivity index (χ2n) is 4.76. The molecule has 2 aromatic carbocycles. The van der Waals surface area contributed by atoms with E-state index in [0.29, 0.717) is 20.1 Å². The van der Waals surface area contributed by atoms with Crippen LogP contribution in [0, 0.1) is 6.92 Å². The van der Waals surface area contributed by atoms with E-state index in [9.17, 15) is 8.42 Å². The van der Waals surface area contributed by atoms with Crippen molar-refractivity contribution in [2.45, 2.75) is 11.8 Å². The van der Waals surface area contributed by atoms with Crippen molar-refractivity contribution in [2.75, 3.05) is 4.72 Å². The smallest absolute Gasteiger partial charge is 0.261 e. The summed E-state index contributed by atoms with van der Waals surface area (Å²) in [6, 6.07) is 8.45. The fourth-order valence-electron chi connectivity index (χ4n) is 2.02. The van der Waals surface area contributed by atoms with Crippen molar-refractivity contribution < 1.29 is 8.42 Å². The first kappa shape index (κ1) is 15.5. The molecular weight excluding hydrogens is 434 g/mol. The molecule has 3 rings (SSSR count). The molecule has 0 amide bonds. The molecule has 0 radical (unpaired) electrons. The molecule has 0 saturated carbocycles. The average Bonchev–Trinajstić information content (AvgIpc) is 2.92. The van der Waals surface area contributed by atoms with Crippen molar-refractivity contribution in [3.05, 3.63) is 51.2 Å². The van der Waals surface area contributed by atoms with Crippen LogP contribution in [0.5, 0.6) is 0 Å². The third kappa shape index (κ3) is 2.78. The number of benzene rings is 2.